The van der Waals surface area contributed by atoms with Crippen molar-refractivity contribution < 1.29 is 52.2 Å². The maximum atomic E-state index is 12.9. The second kappa shape index (κ2) is 51.6. The largest absolute Gasteiger partial charge is 0.472 e. The standard InChI is InChI=1S/C56H107O11P/c1-4-7-10-13-16-19-21-23-24-25-26-27-28-30-32-35-38-41-44-47-56(60)67-53(49-63-54(58)45-42-39-36-34-31-29-22-20-17-14-11-8-5-2)51-65-68(61,62)64-50-52(48-57)66-55(59)46-43-40-37-33-18-15-12-9-6-3/h20,22,52-53,57H,4-19,21,23-51H2,1-3H3,(H,61,62)/b22-20-. The maximum Gasteiger partial charge on any atom is 0.472 e. The molecular weight excluding hydrogens is 880 g/mol. The summed E-state index contributed by atoms with van der Waals surface area (Å²) in [4.78, 5) is 48.4. The van der Waals surface area contributed by atoms with E-state index in [1.165, 1.54) is 154 Å². The first-order chi connectivity index (χ1) is 33.2. The highest BCUT2D eigenvalue weighted by atomic mass is 31.2. The maximum absolute atomic E-state index is 12.9. The number of aliphatic hydroxyl groups is 1. The minimum Gasteiger partial charge on any atom is -0.462 e. The number of carbonyl (C=O) groups is 3. The van der Waals surface area contributed by atoms with E-state index in [-0.39, 0.29) is 25.9 Å². The van der Waals surface area contributed by atoms with Gasteiger partial charge in [0.2, 0.25) is 0 Å². The Balaban J connectivity index is 4.65. The van der Waals surface area contributed by atoms with Gasteiger partial charge in [0, 0.05) is 19.3 Å². The van der Waals surface area contributed by atoms with Crippen LogP contribution in [-0.4, -0.2) is 66.5 Å². The first-order valence-corrected chi connectivity index (χ1v) is 30.1. The number of phosphoric acid groups is 1. The van der Waals surface area contributed by atoms with Gasteiger partial charge < -0.3 is 24.2 Å². The first-order valence-electron chi connectivity index (χ1n) is 28.6. The van der Waals surface area contributed by atoms with Gasteiger partial charge in [-0.3, -0.25) is 23.4 Å². The molecule has 0 bridgehead atoms. The average Bonchev–Trinajstić information content (AvgIpc) is 3.32. The highest BCUT2D eigenvalue weighted by Gasteiger charge is 2.28. The van der Waals surface area contributed by atoms with E-state index < -0.39 is 57.8 Å². The van der Waals surface area contributed by atoms with Crippen LogP contribution in [0.15, 0.2) is 12.2 Å². The summed E-state index contributed by atoms with van der Waals surface area (Å²) in [5.74, 6) is -1.45. The predicted octanol–water partition coefficient (Wildman–Crippen LogP) is 16.5. The van der Waals surface area contributed by atoms with Gasteiger partial charge >= 0.3 is 25.7 Å². The lowest BCUT2D eigenvalue weighted by Crippen LogP contribution is -2.30. The summed E-state index contributed by atoms with van der Waals surface area (Å²) in [6.07, 6.45) is 49.0. The molecule has 0 rings (SSSR count). The van der Waals surface area contributed by atoms with Gasteiger partial charge in [-0.25, -0.2) is 4.57 Å². The minimum atomic E-state index is -4.73. The number of unbranched alkanes of at least 4 members (excludes halogenated alkanes) is 35. The Hall–Kier alpha value is -1.78. The van der Waals surface area contributed by atoms with Crippen molar-refractivity contribution in [3.05, 3.63) is 12.2 Å². The lowest BCUT2D eigenvalue weighted by Gasteiger charge is -2.21. The minimum absolute atomic E-state index is 0.175. The van der Waals surface area contributed by atoms with E-state index >= 15 is 0 Å². The zero-order chi connectivity index (χ0) is 49.9. The van der Waals surface area contributed by atoms with E-state index in [0.29, 0.717) is 19.3 Å². The van der Waals surface area contributed by atoms with Gasteiger partial charge in [0.1, 0.15) is 12.7 Å². The monoisotopic (exact) mass is 987 g/mol. The second-order valence-electron chi connectivity index (χ2n) is 19.5. The van der Waals surface area contributed by atoms with Crippen LogP contribution in [0.2, 0.25) is 0 Å². The van der Waals surface area contributed by atoms with E-state index in [2.05, 4.69) is 32.9 Å². The Bertz CT molecular complexity index is 1200. The van der Waals surface area contributed by atoms with E-state index in [9.17, 15) is 28.9 Å². The number of hydrogen-bond acceptors (Lipinski definition) is 10. The first kappa shape index (κ1) is 66.2. The van der Waals surface area contributed by atoms with Gasteiger partial charge in [0.25, 0.3) is 0 Å². The van der Waals surface area contributed by atoms with Crippen LogP contribution < -0.4 is 0 Å². The van der Waals surface area contributed by atoms with Crippen molar-refractivity contribution in [3.8, 4) is 0 Å². The molecule has 0 saturated carbocycles. The van der Waals surface area contributed by atoms with E-state index in [0.717, 1.165) is 77.0 Å². The van der Waals surface area contributed by atoms with Crippen LogP contribution in [0.1, 0.15) is 290 Å². The molecule has 0 radical (unpaired) electrons. The predicted molar refractivity (Wildman–Crippen MR) is 280 cm³/mol. The molecular formula is C56H107O11P. The second-order valence-corrected chi connectivity index (χ2v) is 20.9. The fraction of sp³-hybridized carbons (Fsp3) is 0.911. The summed E-state index contributed by atoms with van der Waals surface area (Å²) in [7, 11) is -4.73. The fourth-order valence-electron chi connectivity index (χ4n) is 8.29. The molecule has 0 aromatic rings. The molecule has 0 aliphatic carbocycles. The molecule has 0 aliphatic heterocycles. The third-order valence-corrected chi connectivity index (χ3v) is 13.6. The van der Waals surface area contributed by atoms with Crippen molar-refractivity contribution in [2.24, 2.45) is 0 Å². The number of esters is 3. The summed E-state index contributed by atoms with van der Waals surface area (Å²) in [5.41, 5.74) is 0. The Labute approximate surface area is 417 Å². The Morgan fingerprint density at radius 3 is 1.03 bits per heavy atom. The summed E-state index contributed by atoms with van der Waals surface area (Å²) in [6, 6.07) is 0. The summed E-state index contributed by atoms with van der Waals surface area (Å²) in [5, 5.41) is 9.76. The Morgan fingerprint density at radius 1 is 0.397 bits per heavy atom. The normalized spacial score (nSPS) is 13.4. The quantitative estimate of drug-likeness (QED) is 0.0197. The number of phosphoric ester groups is 1. The lowest BCUT2D eigenvalue weighted by molar-refractivity contribution is -0.161. The molecule has 0 amide bonds. The van der Waals surface area contributed by atoms with Crippen LogP contribution in [0.5, 0.6) is 0 Å². The molecule has 0 saturated heterocycles. The highest BCUT2D eigenvalue weighted by Crippen LogP contribution is 2.43. The number of carbonyl (C=O) groups excluding carboxylic acids is 3. The van der Waals surface area contributed by atoms with Crippen molar-refractivity contribution in [1.82, 2.24) is 0 Å². The van der Waals surface area contributed by atoms with Crippen LogP contribution in [0.25, 0.3) is 0 Å². The number of aliphatic hydroxyl groups excluding tert-OH is 1. The molecule has 402 valence electrons. The number of allylic oxidation sites excluding steroid dienone is 2. The van der Waals surface area contributed by atoms with E-state index in [1.807, 2.05) is 0 Å². The number of rotatable bonds is 54. The molecule has 0 aromatic heterocycles. The van der Waals surface area contributed by atoms with Gasteiger partial charge in [0.15, 0.2) is 6.10 Å². The van der Waals surface area contributed by atoms with Gasteiger partial charge in [0.05, 0.1) is 19.8 Å². The van der Waals surface area contributed by atoms with E-state index in [1.54, 1.807) is 0 Å². The van der Waals surface area contributed by atoms with Crippen LogP contribution in [0, 0.1) is 0 Å². The van der Waals surface area contributed by atoms with Crippen LogP contribution in [-0.2, 0) is 42.2 Å². The molecule has 3 unspecified atom stereocenters. The molecule has 0 spiro atoms. The summed E-state index contributed by atoms with van der Waals surface area (Å²) >= 11 is 0. The third kappa shape index (κ3) is 49.2. The average molecular weight is 987 g/mol. The lowest BCUT2D eigenvalue weighted by atomic mass is 10.0. The van der Waals surface area contributed by atoms with Gasteiger partial charge in [-0.2, -0.15) is 0 Å². The Kier molecular flexibility index (Phi) is 50.2. The summed E-state index contributed by atoms with van der Waals surface area (Å²) < 4.78 is 39.4. The molecule has 12 heteroatoms. The van der Waals surface area contributed by atoms with Crippen molar-refractivity contribution in [2.75, 3.05) is 26.4 Å². The van der Waals surface area contributed by atoms with Crippen molar-refractivity contribution >= 4 is 25.7 Å². The SMILES string of the molecule is CCCCCC/C=C\CCCCCCCC(=O)OCC(COP(=O)(O)OCC(CO)OC(=O)CCCCCCCCCCC)OC(=O)CCCCCCCCCCCCCCCCCCCCC. The number of ether oxygens (including phenoxy) is 3. The van der Waals surface area contributed by atoms with Crippen LogP contribution in [0.4, 0.5) is 0 Å². The van der Waals surface area contributed by atoms with Crippen LogP contribution >= 0.6 is 7.82 Å². The zero-order valence-electron chi connectivity index (χ0n) is 44.4. The third-order valence-electron chi connectivity index (χ3n) is 12.7. The van der Waals surface area contributed by atoms with Crippen molar-refractivity contribution in [1.29, 1.82) is 0 Å². The number of hydrogen-bond donors (Lipinski definition) is 2. The van der Waals surface area contributed by atoms with Gasteiger partial charge in [-0.15, -0.1) is 0 Å². The molecule has 3 atom stereocenters. The molecule has 0 aliphatic rings. The zero-order valence-corrected chi connectivity index (χ0v) is 45.2. The molecule has 11 nitrogen and oxygen atoms in total. The van der Waals surface area contributed by atoms with Crippen molar-refractivity contribution in [3.63, 3.8) is 0 Å². The van der Waals surface area contributed by atoms with Gasteiger partial charge in [-0.1, -0.05) is 238 Å². The summed E-state index contributed by atoms with van der Waals surface area (Å²) in [6.45, 7) is 4.64. The molecule has 0 fully saturated rings. The van der Waals surface area contributed by atoms with Crippen LogP contribution in [0.3, 0.4) is 0 Å². The highest BCUT2D eigenvalue weighted by molar-refractivity contribution is 7.47. The fourth-order valence-corrected chi connectivity index (χ4v) is 9.08. The molecule has 68 heavy (non-hydrogen) atoms. The smallest absolute Gasteiger partial charge is 0.462 e. The molecule has 0 aromatic carbocycles. The van der Waals surface area contributed by atoms with E-state index in [4.69, 9.17) is 23.3 Å². The Morgan fingerprint density at radius 2 is 0.676 bits per heavy atom. The topological polar surface area (TPSA) is 155 Å². The molecule has 0 heterocycles. The van der Waals surface area contributed by atoms with Gasteiger partial charge in [-0.05, 0) is 44.9 Å². The van der Waals surface area contributed by atoms with Crippen molar-refractivity contribution in [2.45, 2.75) is 303 Å². The molecule has 2 N–H and O–H groups in total.